The number of carbonyl (C=O) groups excluding carboxylic acids is 3. The van der Waals surface area contributed by atoms with Gasteiger partial charge in [-0.1, -0.05) is 42.5 Å². The molecule has 4 unspecified atom stereocenters. The number of halogens is 1. The Morgan fingerprint density at radius 2 is 1.60 bits per heavy atom. The topological polar surface area (TPSA) is 84.9 Å². The molecule has 0 saturated carbocycles. The van der Waals surface area contributed by atoms with Crippen LogP contribution in [0.4, 0.5) is 10.1 Å². The molecule has 0 bridgehead atoms. The molecule has 8 rings (SSSR count). The Kier molecular flexibility index (Phi) is 5.19. The van der Waals surface area contributed by atoms with E-state index in [9.17, 15) is 18.8 Å². The molecule has 206 valence electrons. The van der Waals surface area contributed by atoms with E-state index in [4.69, 9.17) is 9.47 Å². The van der Waals surface area contributed by atoms with Crippen molar-refractivity contribution < 1.29 is 28.2 Å². The standard InChI is InChI=1S/C34H23FN2O5/c35-22-12-9-20(10-13-22)30(38)28-29(31(39)21-11-14-26-27(17-21)42-18-41-26)37-16-15-19-5-1-2-6-23(19)32(37)34(28)24-7-3-4-8-25(24)36-33(34)40/h1-17,28-29,32H,18H2,(H,36,40). The van der Waals surface area contributed by atoms with Crippen LogP contribution in [0.25, 0.3) is 6.08 Å². The van der Waals surface area contributed by atoms with Gasteiger partial charge in [0.05, 0.1) is 12.0 Å². The van der Waals surface area contributed by atoms with Gasteiger partial charge in [-0.3, -0.25) is 14.4 Å². The SMILES string of the molecule is O=C(c1ccc2c(c1)OCO2)C1C(C(=O)c2ccc(F)cc2)C2(C(=O)Nc3ccccc32)C2c3ccccc3C=CN12. The van der Waals surface area contributed by atoms with Crippen LogP contribution in [0, 0.1) is 11.7 Å². The molecule has 4 aromatic rings. The minimum atomic E-state index is -1.46. The Hall–Kier alpha value is -5.24. The van der Waals surface area contributed by atoms with Crippen LogP contribution in [0.1, 0.15) is 43.4 Å². The number of hydrogen-bond donors (Lipinski definition) is 1. The van der Waals surface area contributed by atoms with Crippen molar-refractivity contribution in [1.82, 2.24) is 4.90 Å². The van der Waals surface area contributed by atoms with Crippen molar-refractivity contribution in [2.24, 2.45) is 5.92 Å². The Morgan fingerprint density at radius 1 is 0.857 bits per heavy atom. The summed E-state index contributed by atoms with van der Waals surface area (Å²) in [5, 5.41) is 3.02. The van der Waals surface area contributed by atoms with E-state index < -0.39 is 35.0 Å². The third-order valence-electron chi connectivity index (χ3n) is 8.91. The molecule has 1 saturated heterocycles. The van der Waals surface area contributed by atoms with Gasteiger partial charge in [0.1, 0.15) is 17.3 Å². The number of Topliss-reactive ketones (excluding diaryl/α,β-unsaturated/α-hetero) is 2. The summed E-state index contributed by atoms with van der Waals surface area (Å²) in [6.07, 6.45) is 3.72. The van der Waals surface area contributed by atoms with Crippen molar-refractivity contribution in [1.29, 1.82) is 0 Å². The molecule has 1 spiro atoms. The first-order valence-electron chi connectivity index (χ1n) is 13.7. The number of rotatable bonds is 4. The van der Waals surface area contributed by atoms with Gasteiger partial charge in [-0.15, -0.1) is 0 Å². The van der Waals surface area contributed by atoms with Crippen LogP contribution in [-0.2, 0) is 10.2 Å². The third kappa shape index (κ3) is 3.23. The lowest BCUT2D eigenvalue weighted by molar-refractivity contribution is -0.122. The lowest BCUT2D eigenvalue weighted by Gasteiger charge is -2.38. The van der Waals surface area contributed by atoms with E-state index in [1.165, 1.54) is 24.3 Å². The summed E-state index contributed by atoms with van der Waals surface area (Å²) in [5.74, 6) is -1.77. The van der Waals surface area contributed by atoms with Crippen LogP contribution >= 0.6 is 0 Å². The lowest BCUT2D eigenvalue weighted by Crippen LogP contribution is -2.49. The summed E-state index contributed by atoms with van der Waals surface area (Å²) in [5.41, 5.74) is 2.08. The number of anilines is 1. The maximum absolute atomic E-state index is 14.7. The second-order valence-electron chi connectivity index (χ2n) is 10.9. The number of nitrogens with zero attached hydrogens (tertiary/aromatic N) is 1. The maximum atomic E-state index is 14.7. The van der Waals surface area contributed by atoms with Crippen LogP contribution in [-0.4, -0.2) is 35.2 Å². The summed E-state index contributed by atoms with van der Waals surface area (Å²) in [7, 11) is 0. The normalized spacial score (nSPS) is 24.3. The highest BCUT2D eigenvalue weighted by atomic mass is 19.1. The average Bonchev–Trinajstić information content (AvgIpc) is 3.70. The van der Waals surface area contributed by atoms with E-state index in [0.717, 1.165) is 11.1 Å². The minimum absolute atomic E-state index is 0.0515. The smallest absolute Gasteiger partial charge is 0.238 e. The molecule has 4 heterocycles. The number of para-hydroxylation sites is 1. The molecule has 7 nitrogen and oxygen atoms in total. The fraction of sp³-hybridized carbons (Fsp3) is 0.147. The number of benzene rings is 4. The van der Waals surface area contributed by atoms with Gasteiger partial charge in [0.2, 0.25) is 12.7 Å². The molecule has 0 aliphatic carbocycles. The van der Waals surface area contributed by atoms with Gasteiger partial charge >= 0.3 is 0 Å². The predicted octanol–water partition coefficient (Wildman–Crippen LogP) is 5.54. The van der Waals surface area contributed by atoms with Gasteiger partial charge in [0, 0.05) is 23.0 Å². The van der Waals surface area contributed by atoms with E-state index in [1.54, 1.807) is 18.2 Å². The maximum Gasteiger partial charge on any atom is 0.238 e. The van der Waals surface area contributed by atoms with E-state index in [-0.39, 0.29) is 24.0 Å². The number of ether oxygens (including phenoxy) is 2. The van der Waals surface area contributed by atoms with Crippen LogP contribution < -0.4 is 14.8 Å². The highest BCUT2D eigenvalue weighted by Crippen LogP contribution is 2.62. The molecule has 4 aliphatic rings. The zero-order valence-corrected chi connectivity index (χ0v) is 22.1. The van der Waals surface area contributed by atoms with Gasteiger partial charge in [-0.2, -0.15) is 0 Å². The number of amides is 1. The fourth-order valence-electron chi connectivity index (χ4n) is 7.18. The number of hydrogen-bond acceptors (Lipinski definition) is 6. The number of carbonyl (C=O) groups is 3. The molecule has 4 aromatic carbocycles. The molecule has 4 aliphatic heterocycles. The van der Waals surface area contributed by atoms with Gasteiger partial charge in [0.25, 0.3) is 0 Å². The van der Waals surface area contributed by atoms with Crippen molar-refractivity contribution in [3.05, 3.63) is 131 Å². The third-order valence-corrected chi connectivity index (χ3v) is 8.91. The van der Waals surface area contributed by atoms with E-state index >= 15 is 0 Å². The summed E-state index contributed by atoms with van der Waals surface area (Å²) >= 11 is 0. The van der Waals surface area contributed by atoms with E-state index in [1.807, 2.05) is 65.7 Å². The van der Waals surface area contributed by atoms with Crippen LogP contribution in [0.5, 0.6) is 11.5 Å². The quantitative estimate of drug-likeness (QED) is 0.332. The van der Waals surface area contributed by atoms with Crippen LogP contribution in [0.2, 0.25) is 0 Å². The molecule has 8 heteroatoms. The Labute approximate surface area is 240 Å². The Balaban J connectivity index is 1.40. The van der Waals surface area contributed by atoms with Gasteiger partial charge in [-0.05, 0) is 71.3 Å². The zero-order valence-electron chi connectivity index (χ0n) is 22.1. The van der Waals surface area contributed by atoms with Gasteiger partial charge < -0.3 is 19.7 Å². The lowest BCUT2D eigenvalue weighted by atomic mass is 9.62. The summed E-state index contributed by atoms with van der Waals surface area (Å²) in [6.45, 7) is 0.0515. The van der Waals surface area contributed by atoms with Crippen LogP contribution in [0.15, 0.2) is 97.2 Å². The van der Waals surface area contributed by atoms with Crippen LogP contribution in [0.3, 0.4) is 0 Å². The molecule has 0 radical (unpaired) electrons. The van der Waals surface area contributed by atoms with Crippen molar-refractivity contribution in [2.75, 3.05) is 12.1 Å². The predicted molar refractivity (Wildman–Crippen MR) is 152 cm³/mol. The highest BCUT2D eigenvalue weighted by Gasteiger charge is 2.70. The first-order chi connectivity index (χ1) is 20.5. The second kappa shape index (κ2) is 8.88. The highest BCUT2D eigenvalue weighted by molar-refractivity contribution is 6.16. The Bertz CT molecular complexity index is 1850. The summed E-state index contributed by atoms with van der Waals surface area (Å²) < 4.78 is 24.9. The monoisotopic (exact) mass is 558 g/mol. The fourth-order valence-corrected chi connectivity index (χ4v) is 7.18. The van der Waals surface area contributed by atoms with Crippen molar-refractivity contribution in [3.63, 3.8) is 0 Å². The zero-order chi connectivity index (χ0) is 28.6. The minimum Gasteiger partial charge on any atom is -0.454 e. The van der Waals surface area contributed by atoms with Crippen molar-refractivity contribution >= 4 is 29.2 Å². The molecule has 42 heavy (non-hydrogen) atoms. The number of nitrogens with one attached hydrogen (secondary N) is 1. The first kappa shape index (κ1) is 24.5. The largest absolute Gasteiger partial charge is 0.454 e. The molecule has 1 amide bonds. The summed E-state index contributed by atoms with van der Waals surface area (Å²) in [6, 6.07) is 23.5. The molecular formula is C34H23FN2O5. The van der Waals surface area contributed by atoms with E-state index in [0.29, 0.717) is 28.3 Å². The van der Waals surface area contributed by atoms with Gasteiger partial charge in [0.15, 0.2) is 23.1 Å². The van der Waals surface area contributed by atoms with E-state index in [2.05, 4.69) is 5.32 Å². The molecule has 1 fully saturated rings. The summed E-state index contributed by atoms with van der Waals surface area (Å²) in [4.78, 5) is 45.7. The molecular weight excluding hydrogens is 535 g/mol. The Morgan fingerprint density at radius 3 is 2.45 bits per heavy atom. The molecule has 4 atom stereocenters. The molecule has 0 aromatic heterocycles. The first-order valence-corrected chi connectivity index (χ1v) is 13.7. The average molecular weight is 559 g/mol. The number of ketones is 2. The number of fused-ring (bicyclic) bond motifs is 7. The second-order valence-corrected chi connectivity index (χ2v) is 10.9. The van der Waals surface area contributed by atoms with Crippen molar-refractivity contribution in [2.45, 2.75) is 17.5 Å². The van der Waals surface area contributed by atoms with Gasteiger partial charge in [-0.25, -0.2) is 4.39 Å². The molecule has 1 N–H and O–H groups in total. The van der Waals surface area contributed by atoms with Crippen molar-refractivity contribution in [3.8, 4) is 11.5 Å².